The predicted molar refractivity (Wildman–Crippen MR) is 109 cm³/mol. The van der Waals surface area contributed by atoms with Gasteiger partial charge in [-0.25, -0.2) is 12.8 Å². The first-order chi connectivity index (χ1) is 12.8. The first-order valence-corrected chi connectivity index (χ1v) is 11.4. The second-order valence-corrected chi connectivity index (χ2v) is 9.09. The molecule has 1 N–H and O–H groups in total. The third-order valence-corrected chi connectivity index (χ3v) is 6.02. The molecular weight excluding hydrogens is 387 g/mol. The molecule has 5 nitrogen and oxygen atoms in total. The molecule has 0 atom stereocenters. The van der Waals surface area contributed by atoms with Crippen molar-refractivity contribution in [2.24, 2.45) is 0 Å². The maximum absolute atomic E-state index is 13.4. The van der Waals surface area contributed by atoms with Gasteiger partial charge in [0.05, 0.1) is 11.9 Å². The number of thioether (sulfide) groups is 1. The smallest absolute Gasteiger partial charge is 0.240 e. The third-order valence-electron chi connectivity index (χ3n) is 3.87. The first-order valence-electron chi connectivity index (χ1n) is 8.39. The Labute approximate surface area is 164 Å². The van der Waals surface area contributed by atoms with Gasteiger partial charge in [0, 0.05) is 18.1 Å². The van der Waals surface area contributed by atoms with Crippen molar-refractivity contribution in [2.75, 3.05) is 29.4 Å². The largest absolute Gasteiger partial charge is 0.354 e. The third kappa shape index (κ3) is 6.88. The lowest BCUT2D eigenvalue weighted by Gasteiger charge is -2.21. The van der Waals surface area contributed by atoms with Crippen molar-refractivity contribution in [3.8, 4) is 0 Å². The van der Waals surface area contributed by atoms with Gasteiger partial charge in [-0.15, -0.1) is 0 Å². The standard InChI is InChI=1S/C19H23FN2O3S2/c1-15-6-3-4-7-16(15)14-26-11-10-21-19(23)13-22(27(2,24)25)18-9-5-8-17(20)12-18/h3-9,12H,10-11,13-14H2,1-2H3,(H,21,23). The van der Waals surface area contributed by atoms with E-state index in [0.29, 0.717) is 12.3 Å². The highest BCUT2D eigenvalue weighted by Gasteiger charge is 2.21. The lowest BCUT2D eigenvalue weighted by Crippen LogP contribution is -2.41. The Morgan fingerprint density at radius 3 is 2.59 bits per heavy atom. The predicted octanol–water partition coefficient (Wildman–Crippen LogP) is 2.95. The summed E-state index contributed by atoms with van der Waals surface area (Å²) in [6, 6.07) is 13.3. The molecule has 0 unspecified atom stereocenters. The van der Waals surface area contributed by atoms with Crippen LogP contribution in [0.1, 0.15) is 11.1 Å². The molecule has 146 valence electrons. The van der Waals surface area contributed by atoms with Crippen LogP contribution in [0, 0.1) is 12.7 Å². The number of sulfonamides is 1. The average molecular weight is 411 g/mol. The second kappa shape index (κ2) is 9.75. The topological polar surface area (TPSA) is 66.5 Å². The first kappa shape index (κ1) is 21.2. The van der Waals surface area contributed by atoms with Crippen molar-refractivity contribution >= 4 is 33.4 Å². The van der Waals surface area contributed by atoms with Crippen molar-refractivity contribution in [1.29, 1.82) is 0 Å². The Hall–Kier alpha value is -2.06. The molecule has 8 heteroatoms. The van der Waals surface area contributed by atoms with Crippen LogP contribution in [0.3, 0.4) is 0 Å². The molecule has 0 saturated heterocycles. The van der Waals surface area contributed by atoms with E-state index in [0.717, 1.165) is 22.4 Å². The van der Waals surface area contributed by atoms with Crippen molar-refractivity contribution in [3.63, 3.8) is 0 Å². The fourth-order valence-electron chi connectivity index (χ4n) is 2.43. The number of nitrogens with zero attached hydrogens (tertiary/aromatic N) is 1. The number of hydrogen-bond acceptors (Lipinski definition) is 4. The van der Waals surface area contributed by atoms with Crippen molar-refractivity contribution in [2.45, 2.75) is 12.7 Å². The van der Waals surface area contributed by atoms with Crippen LogP contribution in [-0.2, 0) is 20.6 Å². The number of rotatable bonds is 9. The van der Waals surface area contributed by atoms with Crippen LogP contribution < -0.4 is 9.62 Å². The average Bonchev–Trinajstić information content (AvgIpc) is 2.60. The molecule has 1 amide bonds. The van der Waals surface area contributed by atoms with Crippen LogP contribution >= 0.6 is 11.8 Å². The van der Waals surface area contributed by atoms with Crippen molar-refractivity contribution in [3.05, 3.63) is 65.5 Å². The number of aryl methyl sites for hydroxylation is 1. The summed E-state index contributed by atoms with van der Waals surface area (Å²) < 4.78 is 38.2. The van der Waals surface area contributed by atoms with E-state index in [-0.39, 0.29) is 12.2 Å². The highest BCUT2D eigenvalue weighted by molar-refractivity contribution is 7.98. The molecule has 0 aliphatic rings. The van der Waals surface area contributed by atoms with Gasteiger partial charge < -0.3 is 5.32 Å². The number of amides is 1. The molecule has 0 spiro atoms. The summed E-state index contributed by atoms with van der Waals surface area (Å²) in [7, 11) is -3.71. The summed E-state index contributed by atoms with van der Waals surface area (Å²) in [5.74, 6) is 0.565. The van der Waals surface area contributed by atoms with Gasteiger partial charge in [-0.1, -0.05) is 30.3 Å². The van der Waals surface area contributed by atoms with E-state index in [1.54, 1.807) is 11.8 Å². The van der Waals surface area contributed by atoms with Gasteiger partial charge >= 0.3 is 0 Å². The van der Waals surface area contributed by atoms with Crippen LogP contribution in [0.25, 0.3) is 0 Å². The molecule has 0 radical (unpaired) electrons. The van der Waals surface area contributed by atoms with E-state index >= 15 is 0 Å². The SMILES string of the molecule is Cc1ccccc1CSCCNC(=O)CN(c1cccc(F)c1)S(C)(=O)=O. The lowest BCUT2D eigenvalue weighted by atomic mass is 10.1. The highest BCUT2D eigenvalue weighted by atomic mass is 32.2. The summed E-state index contributed by atoms with van der Waals surface area (Å²) >= 11 is 1.69. The molecule has 0 saturated carbocycles. The number of halogens is 1. The number of carbonyl (C=O) groups is 1. The van der Waals surface area contributed by atoms with E-state index in [9.17, 15) is 17.6 Å². The fourth-order valence-corrected chi connectivity index (χ4v) is 4.22. The van der Waals surface area contributed by atoms with Crippen LogP contribution in [0.15, 0.2) is 48.5 Å². The van der Waals surface area contributed by atoms with Crippen LogP contribution in [0.5, 0.6) is 0 Å². The molecular formula is C19H23FN2O3S2. The van der Waals surface area contributed by atoms with Gasteiger partial charge in [-0.2, -0.15) is 11.8 Å². The lowest BCUT2D eigenvalue weighted by molar-refractivity contribution is -0.119. The number of hydrogen-bond donors (Lipinski definition) is 1. The van der Waals surface area contributed by atoms with E-state index in [1.807, 2.05) is 12.1 Å². The molecule has 0 aromatic heterocycles. The van der Waals surface area contributed by atoms with E-state index in [1.165, 1.54) is 29.3 Å². The highest BCUT2D eigenvalue weighted by Crippen LogP contribution is 2.18. The zero-order valence-electron chi connectivity index (χ0n) is 15.3. The molecule has 2 aromatic carbocycles. The fraction of sp³-hybridized carbons (Fsp3) is 0.316. The van der Waals surface area contributed by atoms with Crippen LogP contribution in [0.4, 0.5) is 10.1 Å². The van der Waals surface area contributed by atoms with E-state index in [2.05, 4.69) is 24.4 Å². The number of nitrogens with one attached hydrogen (secondary N) is 1. The van der Waals surface area contributed by atoms with Crippen LogP contribution in [0.2, 0.25) is 0 Å². The maximum Gasteiger partial charge on any atom is 0.240 e. The normalized spacial score (nSPS) is 11.2. The zero-order chi connectivity index (χ0) is 19.9. The number of anilines is 1. The van der Waals surface area contributed by atoms with Gasteiger partial charge in [0.15, 0.2) is 0 Å². The van der Waals surface area contributed by atoms with E-state index in [4.69, 9.17) is 0 Å². The monoisotopic (exact) mass is 410 g/mol. The van der Waals surface area contributed by atoms with E-state index < -0.39 is 21.7 Å². The second-order valence-electron chi connectivity index (χ2n) is 6.08. The summed E-state index contributed by atoms with van der Waals surface area (Å²) in [6.07, 6.45) is 0.989. The molecule has 0 fully saturated rings. The molecule has 0 aliphatic carbocycles. The van der Waals surface area contributed by atoms with Gasteiger partial charge in [0.2, 0.25) is 15.9 Å². The van der Waals surface area contributed by atoms with Gasteiger partial charge in [0.1, 0.15) is 12.4 Å². The summed E-state index contributed by atoms with van der Waals surface area (Å²) in [5.41, 5.74) is 2.61. The van der Waals surface area contributed by atoms with Crippen LogP contribution in [-0.4, -0.2) is 39.4 Å². The minimum Gasteiger partial charge on any atom is -0.354 e. The van der Waals surface area contributed by atoms with Crippen molar-refractivity contribution < 1.29 is 17.6 Å². The molecule has 2 aromatic rings. The Kier molecular flexibility index (Phi) is 7.67. The summed E-state index contributed by atoms with van der Waals surface area (Å²) in [4.78, 5) is 12.1. The Bertz CT molecular complexity index is 888. The van der Waals surface area contributed by atoms with Gasteiger partial charge in [-0.05, 0) is 36.2 Å². The maximum atomic E-state index is 13.4. The van der Waals surface area contributed by atoms with Crippen molar-refractivity contribution in [1.82, 2.24) is 5.32 Å². The summed E-state index contributed by atoms with van der Waals surface area (Å²) in [6.45, 7) is 2.10. The minimum atomic E-state index is -3.71. The Morgan fingerprint density at radius 2 is 1.93 bits per heavy atom. The minimum absolute atomic E-state index is 0.126. The Balaban J connectivity index is 1.83. The number of benzene rings is 2. The van der Waals surface area contributed by atoms with Gasteiger partial charge in [-0.3, -0.25) is 9.10 Å². The molecule has 2 rings (SSSR count). The Morgan fingerprint density at radius 1 is 1.19 bits per heavy atom. The molecule has 0 heterocycles. The molecule has 0 bridgehead atoms. The van der Waals surface area contributed by atoms with Gasteiger partial charge in [0.25, 0.3) is 0 Å². The number of carbonyl (C=O) groups excluding carboxylic acids is 1. The quantitative estimate of drug-likeness (QED) is 0.646. The molecule has 27 heavy (non-hydrogen) atoms. The summed E-state index contributed by atoms with van der Waals surface area (Å²) in [5, 5.41) is 2.71. The molecule has 0 aliphatic heterocycles. The zero-order valence-corrected chi connectivity index (χ0v) is 16.9.